The summed E-state index contributed by atoms with van der Waals surface area (Å²) in [7, 11) is 0. The molecule has 0 aliphatic rings. The van der Waals surface area contributed by atoms with Crippen molar-refractivity contribution in [2.45, 2.75) is 6.54 Å². The Bertz CT molecular complexity index is 560. The maximum absolute atomic E-state index is 6.01. The zero-order valence-corrected chi connectivity index (χ0v) is 12.1. The van der Waals surface area contributed by atoms with Crippen LogP contribution in [-0.4, -0.2) is 5.11 Å². The molecular weight excluding hydrogens is 305 g/mol. The summed E-state index contributed by atoms with van der Waals surface area (Å²) in [6.07, 6.45) is 1.61. The van der Waals surface area contributed by atoms with Crippen LogP contribution in [0.1, 0.15) is 5.76 Å². The smallest absolute Gasteiger partial charge is 0.185 e. The number of benzene rings is 1. The third-order valence-electron chi connectivity index (χ3n) is 2.25. The van der Waals surface area contributed by atoms with Gasteiger partial charge in [-0.15, -0.1) is 0 Å². The fraction of sp³-hybridized carbons (Fsp3) is 0.0833. The second-order valence-electron chi connectivity index (χ2n) is 3.64. The molecule has 100 valence electrons. The molecule has 0 aliphatic heterocycles. The van der Waals surface area contributed by atoms with Gasteiger partial charge in [0.2, 0.25) is 0 Å². The lowest BCUT2D eigenvalue weighted by atomic mass is 10.3. The summed E-state index contributed by atoms with van der Waals surface area (Å²) in [5.74, 6) is 0.800. The first-order chi connectivity index (χ1) is 9.15. The molecule has 1 aromatic heterocycles. The summed E-state index contributed by atoms with van der Waals surface area (Å²) in [6.45, 7) is 0.509. The van der Waals surface area contributed by atoms with Crippen molar-refractivity contribution in [3.8, 4) is 0 Å². The van der Waals surface area contributed by atoms with Crippen molar-refractivity contribution in [3.63, 3.8) is 0 Å². The Labute approximate surface area is 126 Å². The van der Waals surface area contributed by atoms with E-state index in [-0.39, 0.29) is 0 Å². The molecule has 3 N–H and O–H groups in total. The normalized spacial score (nSPS) is 10.0. The Hall–Kier alpha value is -1.43. The first-order valence-electron chi connectivity index (χ1n) is 5.42. The fourth-order valence-electron chi connectivity index (χ4n) is 1.34. The van der Waals surface area contributed by atoms with Crippen LogP contribution >= 0.6 is 35.4 Å². The SMILES string of the molecule is S=C(NCc1ccco1)NNc1ccc(Cl)cc1Cl. The van der Waals surface area contributed by atoms with Crippen molar-refractivity contribution in [1.29, 1.82) is 0 Å². The topological polar surface area (TPSA) is 49.2 Å². The van der Waals surface area contributed by atoms with Gasteiger partial charge in [0.25, 0.3) is 0 Å². The Morgan fingerprint density at radius 3 is 2.79 bits per heavy atom. The van der Waals surface area contributed by atoms with E-state index in [1.54, 1.807) is 24.5 Å². The highest BCUT2D eigenvalue weighted by molar-refractivity contribution is 7.80. The molecule has 0 unspecified atom stereocenters. The first kappa shape index (κ1) is 14.0. The van der Waals surface area contributed by atoms with E-state index < -0.39 is 0 Å². The van der Waals surface area contributed by atoms with Gasteiger partial charge in [0.05, 0.1) is 23.5 Å². The van der Waals surface area contributed by atoms with Gasteiger partial charge in [-0.2, -0.15) is 0 Å². The molecule has 0 atom stereocenters. The number of rotatable bonds is 4. The van der Waals surface area contributed by atoms with Crippen molar-refractivity contribution < 1.29 is 4.42 Å². The fourth-order valence-corrected chi connectivity index (χ4v) is 1.92. The number of anilines is 1. The molecule has 19 heavy (non-hydrogen) atoms. The number of thiocarbonyl (C=S) groups is 1. The van der Waals surface area contributed by atoms with Crippen molar-refractivity contribution in [2.24, 2.45) is 0 Å². The van der Waals surface area contributed by atoms with Crippen LogP contribution in [0.4, 0.5) is 5.69 Å². The molecule has 0 fully saturated rings. The molecule has 0 radical (unpaired) electrons. The van der Waals surface area contributed by atoms with Crippen LogP contribution in [0.3, 0.4) is 0 Å². The molecule has 0 amide bonds. The van der Waals surface area contributed by atoms with Crippen LogP contribution in [0.25, 0.3) is 0 Å². The van der Waals surface area contributed by atoms with E-state index in [0.717, 1.165) is 5.76 Å². The lowest BCUT2D eigenvalue weighted by Gasteiger charge is -2.12. The molecule has 2 rings (SSSR count). The van der Waals surface area contributed by atoms with Crippen LogP contribution < -0.4 is 16.2 Å². The molecule has 0 spiro atoms. The average molecular weight is 316 g/mol. The summed E-state index contributed by atoms with van der Waals surface area (Å²) >= 11 is 16.9. The first-order valence-corrected chi connectivity index (χ1v) is 6.59. The van der Waals surface area contributed by atoms with Gasteiger partial charge in [-0.3, -0.25) is 10.9 Å². The zero-order valence-electron chi connectivity index (χ0n) is 9.74. The Morgan fingerprint density at radius 2 is 2.11 bits per heavy atom. The summed E-state index contributed by atoms with van der Waals surface area (Å²) < 4.78 is 5.17. The van der Waals surface area contributed by atoms with Crippen molar-refractivity contribution in [3.05, 3.63) is 52.4 Å². The quantitative estimate of drug-likeness (QED) is 0.594. The molecule has 2 aromatic rings. The molecular formula is C12H11Cl2N3OS. The van der Waals surface area contributed by atoms with Crippen LogP contribution in [0.15, 0.2) is 41.0 Å². The van der Waals surface area contributed by atoms with Crippen molar-refractivity contribution >= 4 is 46.2 Å². The second kappa shape index (κ2) is 6.65. The minimum Gasteiger partial charge on any atom is -0.467 e. The third-order valence-corrected chi connectivity index (χ3v) is 3.04. The van der Waals surface area contributed by atoms with Gasteiger partial charge in [-0.1, -0.05) is 23.2 Å². The number of halogens is 2. The molecule has 0 bridgehead atoms. The minimum absolute atomic E-state index is 0.433. The van der Waals surface area contributed by atoms with Gasteiger partial charge < -0.3 is 9.73 Å². The number of furan rings is 1. The van der Waals surface area contributed by atoms with Gasteiger partial charge in [0.15, 0.2) is 5.11 Å². The Kier molecular flexibility index (Phi) is 4.90. The Balaban J connectivity index is 1.80. The lowest BCUT2D eigenvalue weighted by molar-refractivity contribution is 0.503. The van der Waals surface area contributed by atoms with E-state index in [1.807, 2.05) is 12.1 Å². The van der Waals surface area contributed by atoms with Crippen LogP contribution in [0, 0.1) is 0 Å². The maximum atomic E-state index is 6.01. The zero-order chi connectivity index (χ0) is 13.7. The van der Waals surface area contributed by atoms with Gasteiger partial charge in [-0.05, 0) is 42.5 Å². The standard InChI is InChI=1S/C12H11Cl2N3OS/c13-8-3-4-11(10(14)6-8)16-17-12(19)15-7-9-2-1-5-18-9/h1-6,16H,7H2,(H2,15,17,19). The van der Waals surface area contributed by atoms with Gasteiger partial charge in [-0.25, -0.2) is 0 Å². The number of hydrogen-bond donors (Lipinski definition) is 3. The third kappa shape index (κ3) is 4.31. The van der Waals surface area contributed by atoms with E-state index in [0.29, 0.717) is 27.4 Å². The monoisotopic (exact) mass is 315 g/mol. The highest BCUT2D eigenvalue weighted by Crippen LogP contribution is 2.24. The minimum atomic E-state index is 0.433. The van der Waals surface area contributed by atoms with Crippen molar-refractivity contribution in [2.75, 3.05) is 5.43 Å². The summed E-state index contributed by atoms with van der Waals surface area (Å²) in [5.41, 5.74) is 6.41. The molecule has 1 aromatic carbocycles. The van der Waals surface area contributed by atoms with E-state index >= 15 is 0 Å². The van der Waals surface area contributed by atoms with E-state index in [9.17, 15) is 0 Å². The number of nitrogens with one attached hydrogen (secondary N) is 3. The average Bonchev–Trinajstić information content (AvgIpc) is 2.88. The molecule has 0 aliphatic carbocycles. The molecule has 4 nitrogen and oxygen atoms in total. The predicted molar refractivity (Wildman–Crippen MR) is 81.4 cm³/mol. The van der Waals surface area contributed by atoms with Gasteiger partial charge in [0.1, 0.15) is 5.76 Å². The highest BCUT2D eigenvalue weighted by Gasteiger charge is 2.02. The van der Waals surface area contributed by atoms with Crippen molar-refractivity contribution in [1.82, 2.24) is 10.7 Å². The molecule has 7 heteroatoms. The van der Waals surface area contributed by atoms with Gasteiger partial charge in [0, 0.05) is 5.02 Å². The number of hydrogen-bond acceptors (Lipinski definition) is 3. The molecule has 1 heterocycles. The van der Waals surface area contributed by atoms with Crippen LogP contribution in [-0.2, 0) is 6.54 Å². The molecule has 0 saturated heterocycles. The second-order valence-corrected chi connectivity index (χ2v) is 4.89. The van der Waals surface area contributed by atoms with E-state index in [4.69, 9.17) is 39.8 Å². The lowest BCUT2D eigenvalue weighted by Crippen LogP contribution is -2.38. The van der Waals surface area contributed by atoms with Crippen LogP contribution in [0.5, 0.6) is 0 Å². The van der Waals surface area contributed by atoms with Crippen LogP contribution in [0.2, 0.25) is 10.0 Å². The van der Waals surface area contributed by atoms with Gasteiger partial charge >= 0.3 is 0 Å². The number of hydrazine groups is 1. The highest BCUT2D eigenvalue weighted by atomic mass is 35.5. The summed E-state index contributed by atoms with van der Waals surface area (Å²) in [5, 5.41) is 4.50. The Morgan fingerprint density at radius 1 is 1.26 bits per heavy atom. The van der Waals surface area contributed by atoms with E-state index in [2.05, 4.69) is 16.2 Å². The summed E-state index contributed by atoms with van der Waals surface area (Å²) in [6, 6.07) is 8.81. The largest absolute Gasteiger partial charge is 0.467 e. The predicted octanol–water partition coefficient (Wildman–Crippen LogP) is 3.58. The maximum Gasteiger partial charge on any atom is 0.185 e. The summed E-state index contributed by atoms with van der Waals surface area (Å²) in [4.78, 5) is 0. The van der Waals surface area contributed by atoms with E-state index in [1.165, 1.54) is 0 Å². The molecule has 0 saturated carbocycles.